The van der Waals surface area contributed by atoms with Crippen molar-refractivity contribution in [2.75, 3.05) is 20.3 Å². The van der Waals surface area contributed by atoms with E-state index in [4.69, 9.17) is 52.1 Å². The van der Waals surface area contributed by atoms with Gasteiger partial charge in [-0.05, 0) is 44.5 Å². The van der Waals surface area contributed by atoms with Gasteiger partial charge in [-0.25, -0.2) is 4.79 Å². The number of esters is 1. The van der Waals surface area contributed by atoms with Gasteiger partial charge >= 0.3 is 5.97 Å². The first kappa shape index (κ1) is 49.8. The van der Waals surface area contributed by atoms with Gasteiger partial charge in [0.25, 0.3) is 0 Å². The molecule has 63 heavy (non-hydrogen) atoms. The van der Waals surface area contributed by atoms with Crippen LogP contribution in [0.1, 0.15) is 26.3 Å². The normalized spacial score (nSPS) is 47.3. The summed E-state index contributed by atoms with van der Waals surface area (Å²) in [6, 6.07) is 6.71. The Morgan fingerprint density at radius 2 is 1.13 bits per heavy atom. The monoisotopic (exact) mass is 910 g/mol. The van der Waals surface area contributed by atoms with Crippen molar-refractivity contribution in [3.8, 4) is 5.75 Å². The summed E-state index contributed by atoms with van der Waals surface area (Å²) in [7, 11) is 1.50. The second-order valence-corrected chi connectivity index (χ2v) is 16.0. The molecule has 0 aromatic heterocycles. The molecule has 1 aromatic rings. The van der Waals surface area contributed by atoms with Crippen LogP contribution in [0.5, 0.6) is 5.75 Å². The van der Waals surface area contributed by atoms with Gasteiger partial charge in [0.15, 0.2) is 37.6 Å². The van der Waals surface area contributed by atoms with Crippen molar-refractivity contribution in [1.82, 2.24) is 0 Å². The Balaban J connectivity index is 1.14. The minimum Gasteiger partial charge on any atom is -0.497 e. The summed E-state index contributed by atoms with van der Waals surface area (Å²) >= 11 is 0. The fourth-order valence-corrected chi connectivity index (χ4v) is 7.76. The standard InChI is InChI=1S/C39H58O24/c1-13-21(42)24(45)28(49)37(56-13)62-33-32(60-20(41)10-7-16-5-8-17(53-4)9-6-16)15(3)55-35(52)34(33)63-38-30(51)26(47)31(14(2)57-38)61-36-27(48)23(44)19(12-54-36)59-39-29(50)25(46)22(43)18(11-40)58-39/h5-10,13-15,18-19,21-40,42-52H,11-12H2,1-4H3/b10-7+/t13-,14-,15+,18+,19+,21-,22-,23-,24+,25-,26-,27+,28+,29+,30+,31-,32-,33-,34+,35+,36-,37-,38-,39-/m0/s1. The number of carbonyl (C=O) groups is 1. The minimum atomic E-state index is -1.99. The van der Waals surface area contributed by atoms with E-state index in [1.807, 2.05) is 0 Å². The van der Waals surface area contributed by atoms with Gasteiger partial charge in [0, 0.05) is 6.08 Å². The number of benzene rings is 1. The van der Waals surface area contributed by atoms with Crippen molar-refractivity contribution < 1.29 is 118 Å². The van der Waals surface area contributed by atoms with Gasteiger partial charge < -0.3 is 113 Å². The van der Waals surface area contributed by atoms with Crippen LogP contribution in [0.25, 0.3) is 6.08 Å². The molecule has 0 saturated carbocycles. The number of ether oxygens (including phenoxy) is 11. The lowest BCUT2D eigenvalue weighted by Gasteiger charge is -2.49. The molecule has 6 rings (SSSR count). The van der Waals surface area contributed by atoms with Gasteiger partial charge in [0.1, 0.15) is 97.3 Å². The molecule has 5 heterocycles. The predicted octanol–water partition coefficient (Wildman–Crippen LogP) is -5.93. The van der Waals surface area contributed by atoms with Gasteiger partial charge in [-0.15, -0.1) is 0 Å². The molecule has 0 aliphatic carbocycles. The highest BCUT2D eigenvalue weighted by Crippen LogP contribution is 2.36. The number of carbonyl (C=O) groups excluding carboxylic acids is 1. The molecule has 0 unspecified atom stereocenters. The highest BCUT2D eigenvalue weighted by molar-refractivity contribution is 5.87. The van der Waals surface area contributed by atoms with Gasteiger partial charge in [-0.3, -0.25) is 0 Å². The Bertz CT molecular complexity index is 1640. The summed E-state index contributed by atoms with van der Waals surface area (Å²) in [5, 5.41) is 127. The molecule has 12 N–H and O–H groups in total. The van der Waals surface area contributed by atoms with E-state index in [1.54, 1.807) is 24.3 Å². The van der Waals surface area contributed by atoms with Crippen molar-refractivity contribution in [3.05, 3.63) is 35.9 Å². The lowest BCUT2D eigenvalue weighted by atomic mass is 9.96. The molecule has 0 radical (unpaired) electrons. The molecular formula is C39H58O24. The van der Waals surface area contributed by atoms with Gasteiger partial charge in [-0.1, -0.05) is 12.1 Å². The number of hydrogen-bond donors (Lipinski definition) is 12. The summed E-state index contributed by atoms with van der Waals surface area (Å²) in [6.45, 7) is 2.96. The van der Waals surface area contributed by atoms with Gasteiger partial charge in [0.05, 0.1) is 38.6 Å². The van der Waals surface area contributed by atoms with Crippen molar-refractivity contribution in [2.24, 2.45) is 0 Å². The molecule has 5 aliphatic heterocycles. The Hall–Kier alpha value is -2.61. The fraction of sp³-hybridized carbons (Fsp3) is 0.769. The molecule has 5 aliphatic rings. The molecule has 24 heteroatoms. The average molecular weight is 911 g/mol. The van der Waals surface area contributed by atoms with Crippen molar-refractivity contribution in [1.29, 1.82) is 0 Å². The Morgan fingerprint density at radius 1 is 0.587 bits per heavy atom. The Kier molecular flexibility index (Phi) is 16.9. The summed E-state index contributed by atoms with van der Waals surface area (Å²) < 4.78 is 62.2. The third kappa shape index (κ3) is 11.0. The summed E-state index contributed by atoms with van der Waals surface area (Å²) in [4.78, 5) is 13.2. The molecule has 0 amide bonds. The third-order valence-corrected chi connectivity index (χ3v) is 11.6. The lowest BCUT2D eigenvalue weighted by molar-refractivity contribution is -0.391. The maximum atomic E-state index is 13.2. The van der Waals surface area contributed by atoms with Gasteiger partial charge in [0.2, 0.25) is 0 Å². The third-order valence-electron chi connectivity index (χ3n) is 11.6. The van der Waals surface area contributed by atoms with Crippen LogP contribution in [-0.4, -0.2) is 235 Å². The van der Waals surface area contributed by atoms with Crippen LogP contribution in [0.3, 0.4) is 0 Å². The molecular weight excluding hydrogens is 852 g/mol. The molecule has 24 atom stereocenters. The molecule has 5 fully saturated rings. The smallest absolute Gasteiger partial charge is 0.331 e. The van der Waals surface area contributed by atoms with Crippen LogP contribution in [-0.2, 0) is 52.2 Å². The maximum Gasteiger partial charge on any atom is 0.331 e. The van der Waals surface area contributed by atoms with E-state index in [9.17, 15) is 66.1 Å². The van der Waals surface area contributed by atoms with Crippen molar-refractivity contribution in [2.45, 2.75) is 168 Å². The first-order valence-electron chi connectivity index (χ1n) is 20.3. The zero-order valence-electron chi connectivity index (χ0n) is 34.5. The number of aliphatic hydroxyl groups is 12. The Morgan fingerprint density at radius 3 is 1.76 bits per heavy atom. The van der Waals surface area contributed by atoms with Crippen molar-refractivity contribution in [3.63, 3.8) is 0 Å². The summed E-state index contributed by atoms with van der Waals surface area (Å²) in [6.07, 6.45) is -36.6. The van der Waals surface area contributed by atoms with Crippen LogP contribution >= 0.6 is 0 Å². The zero-order valence-corrected chi connectivity index (χ0v) is 34.5. The van der Waals surface area contributed by atoms with E-state index in [-0.39, 0.29) is 0 Å². The molecule has 0 spiro atoms. The highest BCUT2D eigenvalue weighted by atomic mass is 16.8. The van der Waals surface area contributed by atoms with Crippen LogP contribution < -0.4 is 4.74 Å². The topological polar surface area (TPSA) is 361 Å². The Labute approximate surface area is 360 Å². The van der Waals surface area contributed by atoms with Gasteiger partial charge in [-0.2, -0.15) is 0 Å². The largest absolute Gasteiger partial charge is 0.497 e. The van der Waals surface area contributed by atoms with E-state index < -0.39 is 167 Å². The molecule has 0 bridgehead atoms. The summed E-state index contributed by atoms with van der Waals surface area (Å²) in [5.41, 5.74) is 0.606. The second kappa shape index (κ2) is 21.3. The molecule has 24 nitrogen and oxygen atoms in total. The quantitative estimate of drug-likeness (QED) is 0.0647. The van der Waals surface area contributed by atoms with Crippen LogP contribution in [0.2, 0.25) is 0 Å². The van der Waals surface area contributed by atoms with E-state index in [1.165, 1.54) is 34.0 Å². The van der Waals surface area contributed by atoms with E-state index in [2.05, 4.69) is 0 Å². The molecule has 5 saturated heterocycles. The zero-order chi connectivity index (χ0) is 46.0. The van der Waals surface area contributed by atoms with Crippen LogP contribution in [0.15, 0.2) is 30.3 Å². The number of hydrogen-bond acceptors (Lipinski definition) is 24. The minimum absolute atomic E-state index is 0.513. The fourth-order valence-electron chi connectivity index (χ4n) is 7.76. The SMILES string of the molecule is COc1ccc(/C=C/C(=O)O[C@@H]2[C@H](O[C@@H]3O[C@@H](C)[C@H](O)[C@@H](O)[C@H]3O)[C@@H](O[C@@H]3O[C@@H](C)[C@H](O[C@@H]4OC[C@@H](O[C@@H]5O[C@H](CO)[C@H](O)[C@H](O)[C@H]5O)[C@H](O)[C@H]4O)[C@@H](O)[C@H]3O)[C@H](O)O[C@@H]2C)cc1. The summed E-state index contributed by atoms with van der Waals surface area (Å²) in [5.74, 6) is -0.328. The first-order chi connectivity index (χ1) is 29.8. The number of aliphatic hydroxyl groups excluding tert-OH is 12. The van der Waals surface area contributed by atoms with Crippen molar-refractivity contribution >= 4 is 12.0 Å². The van der Waals surface area contributed by atoms with E-state index in [0.29, 0.717) is 11.3 Å². The second-order valence-electron chi connectivity index (χ2n) is 16.0. The molecule has 358 valence electrons. The maximum absolute atomic E-state index is 13.2. The predicted molar refractivity (Wildman–Crippen MR) is 202 cm³/mol. The highest BCUT2D eigenvalue weighted by Gasteiger charge is 2.55. The van der Waals surface area contributed by atoms with Crippen LogP contribution in [0.4, 0.5) is 0 Å². The van der Waals surface area contributed by atoms with E-state index >= 15 is 0 Å². The average Bonchev–Trinajstić information content (AvgIpc) is 3.26. The molecule has 1 aromatic carbocycles. The van der Waals surface area contributed by atoms with E-state index in [0.717, 1.165) is 6.08 Å². The first-order valence-corrected chi connectivity index (χ1v) is 20.3. The van der Waals surface area contributed by atoms with Crippen LogP contribution in [0, 0.1) is 0 Å². The number of methoxy groups -OCH3 is 1. The number of rotatable bonds is 13. The lowest BCUT2D eigenvalue weighted by Crippen LogP contribution is -2.66.